The first-order valence-electron chi connectivity index (χ1n) is 9.97. The van der Waals surface area contributed by atoms with Crippen LogP contribution < -0.4 is 0 Å². The van der Waals surface area contributed by atoms with E-state index in [4.69, 9.17) is 10.2 Å². The number of thioether (sulfide) groups is 1. The van der Waals surface area contributed by atoms with Gasteiger partial charge in [-0.25, -0.2) is 9.59 Å². The molecule has 1 aromatic carbocycles. The lowest BCUT2D eigenvalue weighted by molar-refractivity contribution is -0.134. The quantitative estimate of drug-likeness (QED) is 0.662. The minimum atomic E-state index is -1.26. The lowest BCUT2D eigenvalue weighted by Crippen LogP contribution is -2.46. The highest BCUT2D eigenvalue weighted by Crippen LogP contribution is 2.42. The van der Waals surface area contributed by atoms with Gasteiger partial charge in [-0.3, -0.25) is 4.79 Å². The number of amides is 1. The molecule has 2 N–H and O–H groups in total. The Bertz CT molecular complexity index is 1040. The summed E-state index contributed by atoms with van der Waals surface area (Å²) < 4.78 is 1.31. The standard InChI is InChI=1S/C19H20N2OS2.C4H4O4/c1-20-7-9-21(10-8-20)18(22)12-17-15-5-3-2-4-14(15)13-24-19-16(17)6-11-23-19;5-3(6)1-2-4(7)8/h2-6,11-12H,7-10,13H2,1H3;1-2H,(H,5,6)(H,7,8)/b17-12+;2-1+. The Morgan fingerprint density at radius 3 is 2.25 bits per heavy atom. The molecule has 4 rings (SSSR count). The molecule has 1 fully saturated rings. The fraction of sp³-hybridized carbons (Fsp3) is 0.261. The van der Waals surface area contributed by atoms with Crippen LogP contribution in [0.2, 0.25) is 0 Å². The molecule has 32 heavy (non-hydrogen) atoms. The highest BCUT2D eigenvalue weighted by atomic mass is 32.2. The molecule has 0 radical (unpaired) electrons. The molecular weight excluding hydrogens is 448 g/mol. The summed E-state index contributed by atoms with van der Waals surface area (Å²) in [6, 6.07) is 10.6. The summed E-state index contributed by atoms with van der Waals surface area (Å²) in [6.45, 7) is 3.52. The smallest absolute Gasteiger partial charge is 0.328 e. The summed E-state index contributed by atoms with van der Waals surface area (Å²) in [5, 5.41) is 17.7. The maximum absolute atomic E-state index is 12.9. The highest BCUT2D eigenvalue weighted by Gasteiger charge is 2.23. The van der Waals surface area contributed by atoms with Gasteiger partial charge in [0, 0.05) is 55.7 Å². The number of likely N-dealkylation sites (N-methyl/N-ethyl adjacent to an activating group) is 1. The van der Waals surface area contributed by atoms with Gasteiger partial charge in [0.15, 0.2) is 0 Å². The van der Waals surface area contributed by atoms with Crippen molar-refractivity contribution in [1.82, 2.24) is 9.80 Å². The Labute approximate surface area is 194 Å². The van der Waals surface area contributed by atoms with E-state index in [0.29, 0.717) is 12.2 Å². The first-order valence-corrected chi connectivity index (χ1v) is 11.8. The second kappa shape index (κ2) is 11.1. The van der Waals surface area contributed by atoms with E-state index in [1.807, 2.05) is 22.7 Å². The van der Waals surface area contributed by atoms with Gasteiger partial charge in [-0.05, 0) is 35.2 Å². The van der Waals surface area contributed by atoms with Crippen LogP contribution in [0.5, 0.6) is 0 Å². The van der Waals surface area contributed by atoms with Crippen LogP contribution in [0.15, 0.2) is 58.1 Å². The van der Waals surface area contributed by atoms with Gasteiger partial charge in [-0.15, -0.1) is 23.1 Å². The molecule has 1 aromatic heterocycles. The predicted octanol–water partition coefficient (Wildman–Crippen LogP) is 3.27. The van der Waals surface area contributed by atoms with Crippen LogP contribution >= 0.6 is 23.1 Å². The summed E-state index contributed by atoms with van der Waals surface area (Å²) in [5.74, 6) is -1.42. The summed E-state index contributed by atoms with van der Waals surface area (Å²) in [6.07, 6.45) is 2.98. The monoisotopic (exact) mass is 472 g/mol. The average molecular weight is 473 g/mol. The molecule has 1 amide bonds. The number of thiophene rings is 1. The lowest BCUT2D eigenvalue weighted by atomic mass is 9.95. The number of piperazine rings is 1. The van der Waals surface area contributed by atoms with Crippen LogP contribution in [-0.4, -0.2) is 71.1 Å². The molecule has 9 heteroatoms. The van der Waals surface area contributed by atoms with Crippen molar-refractivity contribution in [2.24, 2.45) is 0 Å². The van der Waals surface area contributed by atoms with Crippen LogP contribution in [0.3, 0.4) is 0 Å². The maximum Gasteiger partial charge on any atom is 0.328 e. The summed E-state index contributed by atoms with van der Waals surface area (Å²) in [7, 11) is 2.11. The summed E-state index contributed by atoms with van der Waals surface area (Å²) in [4.78, 5) is 36.2. The molecule has 0 spiro atoms. The molecule has 7 nitrogen and oxygen atoms in total. The largest absolute Gasteiger partial charge is 0.478 e. The summed E-state index contributed by atoms with van der Waals surface area (Å²) in [5.41, 5.74) is 4.79. The Morgan fingerprint density at radius 2 is 1.59 bits per heavy atom. The molecule has 2 aliphatic heterocycles. The SMILES string of the molecule is CN1CCN(C(=O)/C=C2\c3ccccc3CSc3sccc32)CC1.O=C(O)/C=C/C(=O)O. The van der Waals surface area contributed by atoms with E-state index >= 15 is 0 Å². The number of hydrogen-bond donors (Lipinski definition) is 2. The minimum Gasteiger partial charge on any atom is -0.478 e. The number of fused-ring (bicyclic) bond motifs is 2. The van der Waals surface area contributed by atoms with Crippen molar-refractivity contribution in [2.75, 3.05) is 33.2 Å². The first-order chi connectivity index (χ1) is 15.3. The van der Waals surface area contributed by atoms with Crippen LogP contribution in [0.25, 0.3) is 5.57 Å². The Kier molecular flexibility index (Phi) is 8.26. The number of carbonyl (C=O) groups excluding carboxylic acids is 1. The van der Waals surface area contributed by atoms with Gasteiger partial charge >= 0.3 is 11.9 Å². The normalized spacial score (nSPS) is 17.2. The number of hydrogen-bond acceptors (Lipinski definition) is 6. The number of carbonyl (C=O) groups is 3. The first kappa shape index (κ1) is 23.8. The number of rotatable bonds is 3. The second-order valence-corrected chi connectivity index (χ2v) is 9.42. The van der Waals surface area contributed by atoms with Gasteiger partial charge in [0.2, 0.25) is 5.91 Å². The molecule has 0 unspecified atom stereocenters. The van der Waals surface area contributed by atoms with Gasteiger partial charge in [0.1, 0.15) is 0 Å². The fourth-order valence-corrected chi connectivity index (χ4v) is 5.46. The van der Waals surface area contributed by atoms with Crippen molar-refractivity contribution < 1.29 is 24.6 Å². The van der Waals surface area contributed by atoms with E-state index in [1.165, 1.54) is 20.9 Å². The molecule has 0 saturated carbocycles. The van der Waals surface area contributed by atoms with Crippen molar-refractivity contribution in [2.45, 2.75) is 9.96 Å². The lowest BCUT2D eigenvalue weighted by Gasteiger charge is -2.31. The molecule has 0 aliphatic carbocycles. The van der Waals surface area contributed by atoms with Gasteiger partial charge in [-0.2, -0.15) is 0 Å². The molecule has 2 aliphatic rings. The van der Waals surface area contributed by atoms with E-state index in [0.717, 1.165) is 37.5 Å². The van der Waals surface area contributed by atoms with Crippen LogP contribution in [0.4, 0.5) is 0 Å². The van der Waals surface area contributed by atoms with Gasteiger partial charge < -0.3 is 20.0 Å². The molecule has 168 valence electrons. The number of benzene rings is 1. The second-order valence-electron chi connectivity index (χ2n) is 7.26. The van der Waals surface area contributed by atoms with Crippen molar-refractivity contribution in [3.8, 4) is 0 Å². The molecule has 1 saturated heterocycles. The van der Waals surface area contributed by atoms with E-state index in [1.54, 1.807) is 11.3 Å². The molecular formula is C23H24N2O5S2. The van der Waals surface area contributed by atoms with E-state index in [9.17, 15) is 14.4 Å². The Hall–Kier alpha value is -2.88. The topological polar surface area (TPSA) is 98.2 Å². The predicted molar refractivity (Wildman–Crippen MR) is 126 cm³/mol. The van der Waals surface area contributed by atoms with Crippen LogP contribution in [-0.2, 0) is 20.1 Å². The zero-order chi connectivity index (χ0) is 23.1. The van der Waals surface area contributed by atoms with Crippen molar-refractivity contribution in [1.29, 1.82) is 0 Å². The third kappa shape index (κ3) is 6.32. The zero-order valence-electron chi connectivity index (χ0n) is 17.6. The number of carboxylic acids is 2. The Balaban J connectivity index is 0.000000312. The van der Waals surface area contributed by atoms with Crippen molar-refractivity contribution in [3.05, 3.63) is 70.6 Å². The number of aliphatic carboxylic acids is 2. The highest BCUT2D eigenvalue weighted by molar-refractivity contribution is 8.00. The molecule has 3 heterocycles. The van der Waals surface area contributed by atoms with Crippen LogP contribution in [0.1, 0.15) is 16.7 Å². The van der Waals surface area contributed by atoms with E-state index in [-0.39, 0.29) is 5.91 Å². The number of carboxylic acid groups (broad SMARTS) is 2. The third-order valence-electron chi connectivity index (χ3n) is 5.04. The minimum absolute atomic E-state index is 0.136. The van der Waals surface area contributed by atoms with Crippen LogP contribution in [0, 0.1) is 0 Å². The van der Waals surface area contributed by atoms with Crippen molar-refractivity contribution in [3.63, 3.8) is 0 Å². The number of nitrogens with zero attached hydrogens (tertiary/aromatic N) is 2. The summed E-state index contributed by atoms with van der Waals surface area (Å²) >= 11 is 3.64. The Morgan fingerprint density at radius 1 is 0.938 bits per heavy atom. The van der Waals surface area contributed by atoms with E-state index in [2.05, 4.69) is 47.7 Å². The van der Waals surface area contributed by atoms with E-state index < -0.39 is 11.9 Å². The molecule has 0 bridgehead atoms. The van der Waals surface area contributed by atoms with Gasteiger partial charge in [0.05, 0.1) is 4.21 Å². The average Bonchev–Trinajstić information content (AvgIpc) is 3.19. The molecule has 2 aromatic rings. The third-order valence-corrected chi connectivity index (χ3v) is 7.32. The van der Waals surface area contributed by atoms with Gasteiger partial charge in [-0.1, -0.05) is 24.3 Å². The maximum atomic E-state index is 12.9. The van der Waals surface area contributed by atoms with Crippen molar-refractivity contribution >= 4 is 46.5 Å². The zero-order valence-corrected chi connectivity index (χ0v) is 19.2. The van der Waals surface area contributed by atoms with Gasteiger partial charge in [0.25, 0.3) is 0 Å². The molecule has 0 atom stereocenters. The fourth-order valence-electron chi connectivity index (χ4n) is 3.34.